The van der Waals surface area contributed by atoms with Crippen molar-refractivity contribution in [1.82, 2.24) is 0 Å². The van der Waals surface area contributed by atoms with Gasteiger partial charge < -0.3 is 14.2 Å². The van der Waals surface area contributed by atoms with E-state index in [9.17, 15) is 14.4 Å². The van der Waals surface area contributed by atoms with Gasteiger partial charge in [0.25, 0.3) is 0 Å². The van der Waals surface area contributed by atoms with Crippen LogP contribution >= 0.6 is 0 Å². The lowest BCUT2D eigenvalue weighted by Gasteiger charge is -2.18. The smallest absolute Gasteiger partial charge is 0.306 e. The molecule has 6 heteroatoms. The first-order valence-electron chi connectivity index (χ1n) is 28.9. The van der Waals surface area contributed by atoms with Crippen LogP contribution < -0.4 is 0 Å². The first-order chi connectivity index (χ1) is 34.5. The second kappa shape index (κ2) is 57.6. The third-order valence-corrected chi connectivity index (χ3v) is 12.1. The van der Waals surface area contributed by atoms with E-state index in [4.69, 9.17) is 14.2 Å². The minimum atomic E-state index is -0.801. The molecular formula is C64H106O6. The van der Waals surface area contributed by atoms with Gasteiger partial charge in [-0.05, 0) is 109 Å². The Kier molecular flexibility index (Phi) is 54.4. The Morgan fingerprint density at radius 1 is 0.314 bits per heavy atom. The number of allylic oxidation sites excluding steroid dienone is 18. The summed E-state index contributed by atoms with van der Waals surface area (Å²) >= 11 is 0. The molecule has 70 heavy (non-hydrogen) atoms. The summed E-state index contributed by atoms with van der Waals surface area (Å²) in [4.78, 5) is 38.2. The van der Waals surface area contributed by atoms with Gasteiger partial charge in [0.1, 0.15) is 13.2 Å². The predicted octanol–water partition coefficient (Wildman–Crippen LogP) is 19.5. The number of rotatable bonds is 51. The van der Waals surface area contributed by atoms with Gasteiger partial charge >= 0.3 is 17.9 Å². The zero-order chi connectivity index (χ0) is 50.7. The molecule has 0 aromatic rings. The summed E-state index contributed by atoms with van der Waals surface area (Å²) < 4.78 is 16.8. The van der Waals surface area contributed by atoms with Gasteiger partial charge in [0.15, 0.2) is 6.10 Å². The van der Waals surface area contributed by atoms with Crippen LogP contribution in [-0.4, -0.2) is 37.2 Å². The van der Waals surface area contributed by atoms with E-state index in [0.29, 0.717) is 19.3 Å². The molecule has 0 aliphatic heterocycles. The van der Waals surface area contributed by atoms with Crippen LogP contribution in [0, 0.1) is 0 Å². The van der Waals surface area contributed by atoms with Crippen molar-refractivity contribution in [3.8, 4) is 0 Å². The van der Waals surface area contributed by atoms with Crippen LogP contribution in [0.2, 0.25) is 0 Å². The summed E-state index contributed by atoms with van der Waals surface area (Å²) in [6.45, 7) is 6.45. The Bertz CT molecular complexity index is 1440. The Morgan fingerprint density at radius 2 is 0.614 bits per heavy atom. The zero-order valence-electron chi connectivity index (χ0n) is 45.5. The van der Waals surface area contributed by atoms with Gasteiger partial charge in [-0.15, -0.1) is 0 Å². The van der Waals surface area contributed by atoms with Crippen LogP contribution in [0.4, 0.5) is 0 Å². The average Bonchev–Trinajstić information content (AvgIpc) is 3.36. The molecule has 398 valence electrons. The van der Waals surface area contributed by atoms with E-state index in [1.54, 1.807) is 0 Å². The van der Waals surface area contributed by atoms with Gasteiger partial charge in [-0.2, -0.15) is 0 Å². The number of carbonyl (C=O) groups excluding carboxylic acids is 3. The van der Waals surface area contributed by atoms with Crippen molar-refractivity contribution < 1.29 is 28.6 Å². The Labute approximate surface area is 431 Å². The standard InChI is InChI=1S/C64H106O6/c1-4-7-10-13-16-19-22-25-28-30-32-34-36-39-42-45-48-51-54-57-63(66)69-60-61(59-68-62(65)56-53-50-47-44-41-38-35-27-24-21-18-15-12-9-6-3)70-64(67)58-55-52-49-46-43-40-37-33-31-29-26-23-20-17-14-11-8-5-2/h7,10,16-17,19-21,23-26,28-29,31-34,37,61H,4-6,8-9,11-15,18,22,27,30,35-36,38-60H2,1-3H3/b10-7-,19-16-,20-17-,24-21-,26-23-,28-25-,31-29-,34-32-,37-33-. The first kappa shape index (κ1) is 66.1. The summed E-state index contributed by atoms with van der Waals surface area (Å²) in [6, 6.07) is 0. The van der Waals surface area contributed by atoms with Crippen LogP contribution in [0.5, 0.6) is 0 Å². The van der Waals surface area contributed by atoms with E-state index >= 15 is 0 Å². The molecular weight excluding hydrogens is 865 g/mol. The quantitative estimate of drug-likeness (QED) is 0.0199. The van der Waals surface area contributed by atoms with Crippen molar-refractivity contribution >= 4 is 17.9 Å². The highest BCUT2D eigenvalue weighted by molar-refractivity contribution is 5.71. The summed E-state index contributed by atoms with van der Waals surface area (Å²) in [5.41, 5.74) is 0. The van der Waals surface area contributed by atoms with Crippen molar-refractivity contribution in [2.24, 2.45) is 0 Å². The van der Waals surface area contributed by atoms with Crippen LogP contribution in [0.3, 0.4) is 0 Å². The maximum atomic E-state index is 12.9. The SMILES string of the molecule is CC/C=C\C/C=C\C/C=C\C/C=C\CCCCCCCCC(=O)OCC(COC(=O)CCCCCCCCC/C=C\CCCCCC)OC(=O)CCCCCCC\C=C/C=C\C=C/C=C\CCCCC. The molecule has 0 aliphatic carbocycles. The topological polar surface area (TPSA) is 78.9 Å². The highest BCUT2D eigenvalue weighted by Crippen LogP contribution is 2.14. The number of ether oxygens (including phenoxy) is 3. The summed E-state index contributed by atoms with van der Waals surface area (Å²) in [7, 11) is 0. The van der Waals surface area contributed by atoms with Gasteiger partial charge in [-0.1, -0.05) is 239 Å². The molecule has 0 N–H and O–H groups in total. The third kappa shape index (κ3) is 55.0. The normalized spacial score (nSPS) is 12.9. The number of carbonyl (C=O) groups is 3. The lowest BCUT2D eigenvalue weighted by Crippen LogP contribution is -2.30. The molecule has 0 saturated carbocycles. The molecule has 0 spiro atoms. The Balaban J connectivity index is 4.48. The van der Waals surface area contributed by atoms with Gasteiger partial charge in [0, 0.05) is 19.3 Å². The van der Waals surface area contributed by atoms with Crippen LogP contribution in [0.1, 0.15) is 258 Å². The van der Waals surface area contributed by atoms with Gasteiger partial charge in [0.05, 0.1) is 0 Å². The number of hydrogen-bond acceptors (Lipinski definition) is 6. The van der Waals surface area contributed by atoms with Crippen molar-refractivity contribution in [2.45, 2.75) is 264 Å². The van der Waals surface area contributed by atoms with Crippen molar-refractivity contribution in [2.75, 3.05) is 13.2 Å². The summed E-state index contributed by atoms with van der Waals surface area (Å²) in [5.74, 6) is -0.936. The number of unbranched alkanes of at least 4 members (excludes halogenated alkanes) is 25. The summed E-state index contributed by atoms with van der Waals surface area (Å²) in [5, 5.41) is 0. The molecule has 0 heterocycles. The molecule has 0 saturated heterocycles. The van der Waals surface area contributed by atoms with Gasteiger partial charge in [-0.25, -0.2) is 0 Å². The summed E-state index contributed by atoms with van der Waals surface area (Å²) in [6.07, 6.45) is 77.8. The molecule has 0 rings (SSSR count). The van der Waals surface area contributed by atoms with E-state index in [1.165, 1.54) is 96.3 Å². The number of hydrogen-bond donors (Lipinski definition) is 0. The lowest BCUT2D eigenvalue weighted by atomic mass is 10.1. The molecule has 6 nitrogen and oxygen atoms in total. The predicted molar refractivity (Wildman–Crippen MR) is 302 cm³/mol. The van der Waals surface area contributed by atoms with E-state index in [2.05, 4.69) is 130 Å². The second-order valence-electron chi connectivity index (χ2n) is 18.9. The first-order valence-corrected chi connectivity index (χ1v) is 28.9. The van der Waals surface area contributed by atoms with Crippen molar-refractivity contribution in [3.05, 3.63) is 109 Å². The molecule has 0 radical (unpaired) electrons. The zero-order valence-corrected chi connectivity index (χ0v) is 45.5. The Hall–Kier alpha value is -3.93. The van der Waals surface area contributed by atoms with E-state index in [-0.39, 0.29) is 31.1 Å². The fraction of sp³-hybridized carbons (Fsp3) is 0.672. The highest BCUT2D eigenvalue weighted by atomic mass is 16.6. The maximum Gasteiger partial charge on any atom is 0.306 e. The molecule has 0 aromatic heterocycles. The maximum absolute atomic E-state index is 12.9. The molecule has 1 atom stereocenters. The number of esters is 3. The largest absolute Gasteiger partial charge is 0.462 e. The van der Waals surface area contributed by atoms with E-state index in [0.717, 1.165) is 122 Å². The molecule has 0 amide bonds. The van der Waals surface area contributed by atoms with Crippen molar-refractivity contribution in [1.29, 1.82) is 0 Å². The fourth-order valence-electron chi connectivity index (χ4n) is 7.73. The van der Waals surface area contributed by atoms with Crippen LogP contribution in [0.25, 0.3) is 0 Å². The van der Waals surface area contributed by atoms with Gasteiger partial charge in [0.2, 0.25) is 0 Å². The fourth-order valence-corrected chi connectivity index (χ4v) is 7.73. The minimum Gasteiger partial charge on any atom is -0.462 e. The van der Waals surface area contributed by atoms with Crippen LogP contribution in [0.15, 0.2) is 109 Å². The second-order valence-corrected chi connectivity index (χ2v) is 18.9. The minimum absolute atomic E-state index is 0.0961. The average molecular weight is 972 g/mol. The van der Waals surface area contributed by atoms with Gasteiger partial charge in [-0.3, -0.25) is 14.4 Å². The molecule has 0 aromatic carbocycles. The highest BCUT2D eigenvalue weighted by Gasteiger charge is 2.19. The van der Waals surface area contributed by atoms with E-state index in [1.807, 2.05) is 0 Å². The molecule has 1 unspecified atom stereocenters. The van der Waals surface area contributed by atoms with E-state index < -0.39 is 6.10 Å². The molecule has 0 aliphatic rings. The molecule has 0 fully saturated rings. The monoisotopic (exact) mass is 971 g/mol. The lowest BCUT2D eigenvalue weighted by molar-refractivity contribution is -0.167. The molecule has 0 bridgehead atoms. The Morgan fingerprint density at radius 3 is 1.04 bits per heavy atom. The third-order valence-electron chi connectivity index (χ3n) is 12.1. The van der Waals surface area contributed by atoms with Crippen molar-refractivity contribution in [3.63, 3.8) is 0 Å². The van der Waals surface area contributed by atoms with Crippen LogP contribution in [-0.2, 0) is 28.6 Å².